The van der Waals surface area contributed by atoms with Crippen molar-refractivity contribution in [2.24, 2.45) is 4.99 Å². The molecule has 0 saturated carbocycles. The van der Waals surface area contributed by atoms with Crippen LogP contribution in [0.25, 0.3) is 6.08 Å². The molecule has 0 radical (unpaired) electrons. The van der Waals surface area contributed by atoms with Gasteiger partial charge in [0.25, 0.3) is 5.56 Å². The van der Waals surface area contributed by atoms with Crippen molar-refractivity contribution in [2.45, 2.75) is 13.0 Å². The molecule has 7 nitrogen and oxygen atoms in total. The molecule has 0 bridgehead atoms. The van der Waals surface area contributed by atoms with E-state index in [1.165, 1.54) is 18.4 Å². The topological polar surface area (TPSA) is 73.1 Å². The maximum atomic E-state index is 13.5. The van der Waals surface area contributed by atoms with Gasteiger partial charge in [-0.2, -0.15) is 0 Å². The first-order valence-corrected chi connectivity index (χ1v) is 11.2. The summed E-state index contributed by atoms with van der Waals surface area (Å²) in [5, 5.41) is 0. The van der Waals surface area contributed by atoms with Gasteiger partial charge in [0, 0.05) is 19.8 Å². The van der Waals surface area contributed by atoms with Gasteiger partial charge in [0.1, 0.15) is 5.75 Å². The van der Waals surface area contributed by atoms with Gasteiger partial charge in [-0.25, -0.2) is 9.79 Å². The number of carbonyl (C=O) groups excluding carboxylic acids is 1. The first-order chi connectivity index (χ1) is 15.8. The van der Waals surface area contributed by atoms with Crippen molar-refractivity contribution < 1.29 is 14.3 Å². The van der Waals surface area contributed by atoms with Crippen LogP contribution in [0.4, 0.5) is 5.69 Å². The maximum absolute atomic E-state index is 13.5. The highest BCUT2D eigenvalue weighted by molar-refractivity contribution is 7.07. The zero-order valence-corrected chi connectivity index (χ0v) is 20.0. The molecule has 1 aliphatic heterocycles. The number of fused-ring (bicyclic) bond motifs is 1. The molecule has 4 rings (SSSR count). The molecule has 2 aromatic carbocycles. The van der Waals surface area contributed by atoms with Crippen molar-refractivity contribution in [1.82, 2.24) is 4.57 Å². The van der Waals surface area contributed by atoms with Crippen LogP contribution in [-0.4, -0.2) is 38.9 Å². The Morgan fingerprint density at radius 2 is 1.76 bits per heavy atom. The molecule has 0 fully saturated rings. The fraction of sp³-hybridized carbons (Fsp3) is 0.240. The number of aromatic nitrogens is 1. The monoisotopic (exact) mass is 463 g/mol. The van der Waals surface area contributed by atoms with Crippen molar-refractivity contribution >= 4 is 29.1 Å². The average molecular weight is 464 g/mol. The summed E-state index contributed by atoms with van der Waals surface area (Å²) in [6.45, 7) is 1.76. The van der Waals surface area contributed by atoms with Gasteiger partial charge in [0.2, 0.25) is 0 Å². The minimum absolute atomic E-state index is 0.204. The molecular weight excluding hydrogens is 438 g/mol. The summed E-state index contributed by atoms with van der Waals surface area (Å²) < 4.78 is 12.4. The number of benzene rings is 2. The third kappa shape index (κ3) is 4.21. The SMILES string of the molecule is COC(=O)C1=C(C)N=c2s/c(=C\c3ccc(N(C)C)cc3)c(=O)n2[C@H]1c1ccc(OC)cc1. The van der Waals surface area contributed by atoms with Gasteiger partial charge in [-0.05, 0) is 48.4 Å². The van der Waals surface area contributed by atoms with Crippen LogP contribution in [0, 0.1) is 0 Å². The number of esters is 1. The van der Waals surface area contributed by atoms with Crippen molar-refractivity contribution in [3.63, 3.8) is 0 Å². The lowest BCUT2D eigenvalue weighted by Gasteiger charge is -2.24. The molecule has 0 amide bonds. The van der Waals surface area contributed by atoms with E-state index in [4.69, 9.17) is 9.47 Å². The molecule has 0 N–H and O–H groups in total. The molecule has 3 aromatic rings. The van der Waals surface area contributed by atoms with Crippen LogP contribution in [0.3, 0.4) is 0 Å². The Morgan fingerprint density at radius 3 is 2.33 bits per heavy atom. The Morgan fingerprint density at radius 1 is 1.09 bits per heavy atom. The largest absolute Gasteiger partial charge is 0.497 e. The highest BCUT2D eigenvalue weighted by Crippen LogP contribution is 2.31. The first kappa shape index (κ1) is 22.5. The van der Waals surface area contributed by atoms with E-state index < -0.39 is 12.0 Å². The number of thiazole rings is 1. The van der Waals surface area contributed by atoms with Gasteiger partial charge in [0.05, 0.1) is 36.1 Å². The molecule has 1 atom stereocenters. The lowest BCUT2D eigenvalue weighted by atomic mass is 9.96. The van der Waals surface area contributed by atoms with Crippen LogP contribution >= 0.6 is 11.3 Å². The van der Waals surface area contributed by atoms with E-state index in [-0.39, 0.29) is 5.56 Å². The van der Waals surface area contributed by atoms with Crippen LogP contribution in [0.15, 0.2) is 69.6 Å². The number of hydrogen-bond donors (Lipinski definition) is 0. The lowest BCUT2D eigenvalue weighted by Crippen LogP contribution is -2.39. The number of nitrogens with zero attached hydrogens (tertiary/aromatic N) is 3. The third-order valence-corrected chi connectivity index (χ3v) is 6.55. The van der Waals surface area contributed by atoms with Gasteiger partial charge < -0.3 is 14.4 Å². The van der Waals surface area contributed by atoms with Crippen LogP contribution < -0.4 is 24.5 Å². The maximum Gasteiger partial charge on any atom is 0.338 e. The predicted octanol–water partition coefficient (Wildman–Crippen LogP) is 2.48. The number of rotatable bonds is 5. The van der Waals surface area contributed by atoms with Crippen LogP contribution in [0.2, 0.25) is 0 Å². The smallest absolute Gasteiger partial charge is 0.338 e. The second-order valence-electron chi connectivity index (χ2n) is 7.83. The molecule has 2 heterocycles. The number of carbonyl (C=O) groups is 1. The van der Waals surface area contributed by atoms with Crippen molar-refractivity contribution in [1.29, 1.82) is 0 Å². The number of ether oxygens (including phenoxy) is 2. The van der Waals surface area contributed by atoms with Gasteiger partial charge in [-0.3, -0.25) is 9.36 Å². The molecule has 33 heavy (non-hydrogen) atoms. The Hall–Kier alpha value is -3.65. The van der Waals surface area contributed by atoms with E-state index in [2.05, 4.69) is 4.99 Å². The Balaban J connectivity index is 1.90. The molecule has 1 aliphatic rings. The lowest BCUT2D eigenvalue weighted by molar-refractivity contribution is -0.136. The van der Waals surface area contributed by atoms with Gasteiger partial charge in [-0.1, -0.05) is 35.6 Å². The fourth-order valence-corrected chi connectivity index (χ4v) is 4.86. The minimum Gasteiger partial charge on any atom is -0.497 e. The fourth-order valence-electron chi connectivity index (χ4n) is 3.81. The van der Waals surface area contributed by atoms with E-state index in [1.807, 2.05) is 73.6 Å². The van der Waals surface area contributed by atoms with Gasteiger partial charge >= 0.3 is 5.97 Å². The van der Waals surface area contributed by atoms with Crippen LogP contribution in [0.1, 0.15) is 24.1 Å². The molecule has 170 valence electrons. The summed E-state index contributed by atoms with van der Waals surface area (Å²) in [7, 11) is 6.88. The highest BCUT2D eigenvalue weighted by Gasteiger charge is 2.33. The van der Waals surface area contributed by atoms with E-state index in [9.17, 15) is 9.59 Å². The standard InChI is InChI=1S/C25H25N3O4S/c1-15-21(24(30)32-5)22(17-8-12-19(31-4)13-9-17)28-23(29)20(33-25(28)26-15)14-16-6-10-18(11-7-16)27(2)3/h6-14,22H,1-5H3/b20-14-/t22-/m0/s1. The van der Waals surface area contributed by atoms with E-state index in [0.29, 0.717) is 26.4 Å². The molecule has 0 spiro atoms. The Bertz CT molecular complexity index is 1400. The molecule has 0 aliphatic carbocycles. The number of methoxy groups -OCH3 is 2. The number of hydrogen-bond acceptors (Lipinski definition) is 7. The summed E-state index contributed by atoms with van der Waals surface area (Å²) in [5.41, 5.74) is 3.43. The molecule has 8 heteroatoms. The summed E-state index contributed by atoms with van der Waals surface area (Å²) in [6, 6.07) is 14.6. The van der Waals surface area contributed by atoms with E-state index in [1.54, 1.807) is 18.6 Å². The summed E-state index contributed by atoms with van der Waals surface area (Å²) >= 11 is 1.31. The summed E-state index contributed by atoms with van der Waals surface area (Å²) in [5.74, 6) is 0.179. The second kappa shape index (κ2) is 9.07. The molecule has 0 unspecified atom stereocenters. The summed E-state index contributed by atoms with van der Waals surface area (Å²) in [6.07, 6.45) is 1.85. The van der Waals surface area contributed by atoms with E-state index in [0.717, 1.165) is 16.8 Å². The Labute approximate surface area is 195 Å². The van der Waals surface area contributed by atoms with E-state index >= 15 is 0 Å². The molecule has 1 aromatic heterocycles. The minimum atomic E-state index is -0.641. The van der Waals surface area contributed by atoms with Crippen molar-refractivity contribution in [3.8, 4) is 5.75 Å². The van der Waals surface area contributed by atoms with Crippen LogP contribution in [-0.2, 0) is 9.53 Å². The number of anilines is 1. The first-order valence-electron chi connectivity index (χ1n) is 10.4. The zero-order chi connectivity index (χ0) is 23.7. The van der Waals surface area contributed by atoms with Gasteiger partial charge in [-0.15, -0.1) is 0 Å². The normalized spacial score (nSPS) is 15.7. The quantitative estimate of drug-likeness (QED) is 0.544. The van der Waals surface area contributed by atoms with Crippen LogP contribution in [0.5, 0.6) is 5.75 Å². The third-order valence-electron chi connectivity index (χ3n) is 5.57. The predicted molar refractivity (Wildman–Crippen MR) is 130 cm³/mol. The molecular formula is C25H25N3O4S. The highest BCUT2D eigenvalue weighted by atomic mass is 32.1. The Kier molecular flexibility index (Phi) is 6.20. The summed E-state index contributed by atoms with van der Waals surface area (Å²) in [4.78, 5) is 33.4. The van der Waals surface area contributed by atoms with Gasteiger partial charge in [0.15, 0.2) is 4.80 Å². The number of allylic oxidation sites excluding steroid dienone is 1. The average Bonchev–Trinajstić information content (AvgIpc) is 3.12. The second-order valence-corrected chi connectivity index (χ2v) is 8.84. The van der Waals surface area contributed by atoms with Crippen molar-refractivity contribution in [3.05, 3.63) is 90.6 Å². The molecule has 0 saturated heterocycles. The van der Waals surface area contributed by atoms with Crippen molar-refractivity contribution in [2.75, 3.05) is 33.2 Å². The zero-order valence-electron chi connectivity index (χ0n) is 19.2.